The average Bonchev–Trinajstić information content (AvgIpc) is 2.61. The van der Waals surface area contributed by atoms with E-state index in [2.05, 4.69) is 5.32 Å². The highest BCUT2D eigenvalue weighted by atomic mass is 32.2. The number of hydrogen-bond donors (Lipinski definition) is 1. The molecule has 1 aromatic carbocycles. The second-order valence-electron chi connectivity index (χ2n) is 6.33. The maximum atomic E-state index is 12.4. The zero-order valence-electron chi connectivity index (χ0n) is 15.7. The summed E-state index contributed by atoms with van der Waals surface area (Å²) in [6.07, 6.45) is 2.58. The molecular weight excluding hydrogens is 356 g/mol. The zero-order valence-corrected chi connectivity index (χ0v) is 16.5. The molecule has 0 spiro atoms. The molecule has 1 fully saturated rings. The molecule has 1 heterocycles. The van der Waals surface area contributed by atoms with Crippen molar-refractivity contribution >= 4 is 15.9 Å². The lowest BCUT2D eigenvalue weighted by molar-refractivity contribution is -0.126. The number of piperidine rings is 1. The van der Waals surface area contributed by atoms with Gasteiger partial charge in [0.25, 0.3) is 0 Å². The van der Waals surface area contributed by atoms with Gasteiger partial charge < -0.3 is 14.8 Å². The molecule has 0 aromatic heterocycles. The minimum atomic E-state index is -3.26. The topological polar surface area (TPSA) is 84.9 Å². The Morgan fingerprint density at radius 2 is 1.92 bits per heavy atom. The molecule has 8 heteroatoms. The van der Waals surface area contributed by atoms with Crippen LogP contribution in [0.4, 0.5) is 0 Å². The average molecular weight is 384 g/mol. The monoisotopic (exact) mass is 384 g/mol. The van der Waals surface area contributed by atoms with Crippen LogP contribution in [0.1, 0.15) is 32.3 Å². The van der Waals surface area contributed by atoms with E-state index < -0.39 is 10.0 Å². The Morgan fingerprint density at radius 1 is 1.23 bits per heavy atom. The highest BCUT2D eigenvalue weighted by Gasteiger charge is 2.29. The number of rotatable bonds is 8. The van der Waals surface area contributed by atoms with Crippen molar-refractivity contribution in [1.29, 1.82) is 0 Å². The standard InChI is InChI=1S/C18H28N2O5S/c1-4-24-16-9-8-14(11-17(16)25-5-2)12-19-18(21)15-7-6-10-20(13-15)26(3,22)23/h8-9,11,15H,4-7,10,12-13H2,1-3H3,(H,19,21)/t15-/m1/s1. The third kappa shape index (κ3) is 5.60. The van der Waals surface area contributed by atoms with Crippen molar-refractivity contribution in [3.63, 3.8) is 0 Å². The number of carbonyl (C=O) groups is 1. The predicted octanol–water partition coefficient (Wildman–Crippen LogP) is 1.77. The largest absolute Gasteiger partial charge is 0.490 e. The van der Waals surface area contributed by atoms with E-state index in [0.717, 1.165) is 5.56 Å². The van der Waals surface area contributed by atoms with Gasteiger partial charge in [-0.2, -0.15) is 0 Å². The highest BCUT2D eigenvalue weighted by molar-refractivity contribution is 7.88. The van der Waals surface area contributed by atoms with Crippen molar-refractivity contribution in [2.45, 2.75) is 33.2 Å². The quantitative estimate of drug-likeness (QED) is 0.738. The van der Waals surface area contributed by atoms with Gasteiger partial charge in [0.15, 0.2) is 11.5 Å². The predicted molar refractivity (Wildman–Crippen MR) is 99.8 cm³/mol. The van der Waals surface area contributed by atoms with Crippen LogP contribution in [0.3, 0.4) is 0 Å². The first-order valence-corrected chi connectivity index (χ1v) is 10.8. The first kappa shape index (κ1) is 20.5. The fraction of sp³-hybridized carbons (Fsp3) is 0.611. The van der Waals surface area contributed by atoms with Crippen molar-refractivity contribution < 1.29 is 22.7 Å². The number of nitrogens with one attached hydrogen (secondary N) is 1. The molecule has 0 aliphatic carbocycles. The molecule has 26 heavy (non-hydrogen) atoms. The van der Waals surface area contributed by atoms with Crippen LogP contribution in [-0.4, -0.2) is 51.2 Å². The van der Waals surface area contributed by atoms with Crippen molar-refractivity contribution in [3.8, 4) is 11.5 Å². The first-order chi connectivity index (χ1) is 12.3. The molecule has 1 saturated heterocycles. The van der Waals surface area contributed by atoms with Crippen molar-refractivity contribution in [2.75, 3.05) is 32.6 Å². The molecule has 0 unspecified atom stereocenters. The van der Waals surface area contributed by atoms with Crippen LogP contribution in [0.25, 0.3) is 0 Å². The lowest BCUT2D eigenvalue weighted by Gasteiger charge is -2.30. The van der Waals surface area contributed by atoms with Gasteiger partial charge in [0.1, 0.15) is 0 Å². The SMILES string of the molecule is CCOc1ccc(CNC(=O)[C@@H]2CCCN(S(C)(=O)=O)C2)cc1OCC. The van der Waals surface area contributed by atoms with Crippen LogP contribution in [-0.2, 0) is 21.4 Å². The second-order valence-corrected chi connectivity index (χ2v) is 8.31. The maximum absolute atomic E-state index is 12.4. The lowest BCUT2D eigenvalue weighted by Crippen LogP contribution is -2.44. The van der Waals surface area contributed by atoms with Crippen molar-refractivity contribution in [2.24, 2.45) is 5.92 Å². The van der Waals surface area contributed by atoms with Crippen LogP contribution in [0, 0.1) is 5.92 Å². The summed E-state index contributed by atoms with van der Waals surface area (Å²) < 4.78 is 35.9. The number of carbonyl (C=O) groups excluding carboxylic acids is 1. The summed E-state index contributed by atoms with van der Waals surface area (Å²) in [6, 6.07) is 5.58. The van der Waals surface area contributed by atoms with Gasteiger partial charge in [-0.15, -0.1) is 0 Å². The molecule has 0 saturated carbocycles. The van der Waals surface area contributed by atoms with Gasteiger partial charge in [-0.05, 0) is 44.4 Å². The molecule has 1 aliphatic heterocycles. The number of hydrogen-bond acceptors (Lipinski definition) is 5. The van der Waals surface area contributed by atoms with Gasteiger partial charge in [0.2, 0.25) is 15.9 Å². The summed E-state index contributed by atoms with van der Waals surface area (Å²) in [7, 11) is -3.26. The Kier molecular flexibility index (Phi) is 7.28. The summed E-state index contributed by atoms with van der Waals surface area (Å²) in [5.41, 5.74) is 0.904. The van der Waals surface area contributed by atoms with E-state index in [9.17, 15) is 13.2 Å². The Bertz CT molecular complexity index is 720. The van der Waals surface area contributed by atoms with Crippen LogP contribution in [0.5, 0.6) is 11.5 Å². The molecule has 7 nitrogen and oxygen atoms in total. The Balaban J connectivity index is 1.97. The third-order valence-electron chi connectivity index (χ3n) is 4.30. The van der Waals surface area contributed by atoms with Gasteiger partial charge >= 0.3 is 0 Å². The molecule has 1 aliphatic rings. The van der Waals surface area contributed by atoms with E-state index in [1.165, 1.54) is 10.6 Å². The van der Waals surface area contributed by atoms with Gasteiger partial charge in [-0.3, -0.25) is 4.79 Å². The van der Waals surface area contributed by atoms with E-state index in [1.54, 1.807) is 0 Å². The van der Waals surface area contributed by atoms with Crippen molar-refractivity contribution in [1.82, 2.24) is 9.62 Å². The normalized spacial score (nSPS) is 18.3. The van der Waals surface area contributed by atoms with Crippen molar-refractivity contribution in [3.05, 3.63) is 23.8 Å². The molecule has 1 aromatic rings. The van der Waals surface area contributed by atoms with E-state index in [1.807, 2.05) is 32.0 Å². The fourth-order valence-corrected chi connectivity index (χ4v) is 3.91. The second kappa shape index (κ2) is 9.23. The highest BCUT2D eigenvalue weighted by Crippen LogP contribution is 2.28. The lowest BCUT2D eigenvalue weighted by atomic mass is 9.98. The number of ether oxygens (including phenoxy) is 2. The maximum Gasteiger partial charge on any atom is 0.224 e. The zero-order chi connectivity index (χ0) is 19.2. The van der Waals surface area contributed by atoms with Gasteiger partial charge in [0, 0.05) is 19.6 Å². The fourth-order valence-electron chi connectivity index (χ4n) is 3.00. The molecule has 1 amide bonds. The molecule has 0 radical (unpaired) electrons. The molecule has 0 bridgehead atoms. The minimum Gasteiger partial charge on any atom is -0.490 e. The van der Waals surface area contributed by atoms with Crippen LogP contribution >= 0.6 is 0 Å². The smallest absolute Gasteiger partial charge is 0.224 e. The molecule has 1 atom stereocenters. The van der Waals surface area contributed by atoms with Gasteiger partial charge in [-0.25, -0.2) is 12.7 Å². The van der Waals surface area contributed by atoms with Gasteiger partial charge in [-0.1, -0.05) is 6.07 Å². The molecule has 1 N–H and O–H groups in total. The Labute approximate surface area is 155 Å². The Hall–Kier alpha value is -1.80. The van der Waals surface area contributed by atoms with Crippen LogP contribution < -0.4 is 14.8 Å². The number of nitrogens with zero attached hydrogens (tertiary/aromatic N) is 1. The first-order valence-electron chi connectivity index (χ1n) is 8.96. The summed E-state index contributed by atoms with van der Waals surface area (Å²) in [4.78, 5) is 12.4. The minimum absolute atomic E-state index is 0.120. The third-order valence-corrected chi connectivity index (χ3v) is 5.57. The van der Waals surface area contributed by atoms with E-state index in [-0.39, 0.29) is 18.4 Å². The molecule has 146 valence electrons. The van der Waals surface area contributed by atoms with E-state index in [4.69, 9.17) is 9.47 Å². The van der Waals surface area contributed by atoms with E-state index >= 15 is 0 Å². The van der Waals surface area contributed by atoms with Crippen LogP contribution in [0.15, 0.2) is 18.2 Å². The summed E-state index contributed by atoms with van der Waals surface area (Å²) in [6.45, 7) is 5.99. The van der Waals surface area contributed by atoms with Gasteiger partial charge in [0.05, 0.1) is 25.4 Å². The Morgan fingerprint density at radius 3 is 2.58 bits per heavy atom. The number of benzene rings is 1. The number of amides is 1. The van der Waals surface area contributed by atoms with Crippen LogP contribution in [0.2, 0.25) is 0 Å². The number of sulfonamides is 1. The summed E-state index contributed by atoms with van der Waals surface area (Å²) in [5, 5.41) is 2.90. The van der Waals surface area contributed by atoms with E-state index in [0.29, 0.717) is 50.6 Å². The molecular formula is C18H28N2O5S. The summed E-state index contributed by atoms with van der Waals surface area (Å²) in [5.74, 6) is 0.903. The summed E-state index contributed by atoms with van der Waals surface area (Å²) >= 11 is 0. The molecule has 2 rings (SSSR count).